The molecule has 2 aromatic rings. The van der Waals surface area contributed by atoms with E-state index in [1.54, 1.807) is 69.4 Å². The average molecular weight is 415 g/mol. The molecular weight excluding hydrogens is 384 g/mol. The Balaban J connectivity index is 2.04. The van der Waals surface area contributed by atoms with Crippen LogP contribution in [0.2, 0.25) is 0 Å². The number of pyridine rings is 1. The highest BCUT2D eigenvalue weighted by Gasteiger charge is 2.39. The minimum Gasteiger partial charge on any atom is -0.478 e. The molecule has 1 aromatic carbocycles. The number of carbonyl (C=O) groups is 2. The van der Waals surface area contributed by atoms with Crippen molar-refractivity contribution in [2.24, 2.45) is 11.7 Å². The number of carbonyl (C=O) groups excluding carboxylic acids is 2. The number of nitrogens with zero attached hydrogens (tertiary/aromatic N) is 1. The van der Waals surface area contributed by atoms with Crippen LogP contribution in [0, 0.1) is 5.92 Å². The number of aliphatic hydroxyl groups is 1. The van der Waals surface area contributed by atoms with E-state index < -0.39 is 35.4 Å². The Labute approximate surface area is 177 Å². The fourth-order valence-electron chi connectivity index (χ4n) is 2.93. The molecule has 162 valence electrons. The molecule has 1 heterocycles. The van der Waals surface area contributed by atoms with Gasteiger partial charge in [-0.2, -0.15) is 0 Å². The third-order valence-corrected chi connectivity index (χ3v) is 4.38. The number of hydrogen-bond acceptors (Lipinski definition) is 7. The minimum atomic E-state index is -1.58. The van der Waals surface area contributed by atoms with Crippen LogP contribution in [0.25, 0.3) is 0 Å². The molecule has 2 rings (SSSR count). The molecule has 1 unspecified atom stereocenters. The largest absolute Gasteiger partial charge is 0.478 e. The Kier molecular flexibility index (Phi) is 8.50. The number of nitrogens with two attached hydrogens (primary N) is 1. The second-order valence-corrected chi connectivity index (χ2v) is 8.03. The Hall–Kier alpha value is -2.77. The zero-order chi connectivity index (χ0) is 22.1. The second-order valence-electron chi connectivity index (χ2n) is 8.03. The Bertz CT molecular complexity index is 805. The number of aromatic nitrogens is 1. The van der Waals surface area contributed by atoms with Gasteiger partial charge in [0.05, 0.1) is 6.61 Å². The van der Waals surface area contributed by atoms with Gasteiger partial charge in [-0.3, -0.25) is 9.59 Å². The number of ether oxygens (including phenoxy) is 2. The Morgan fingerprint density at radius 1 is 1.10 bits per heavy atom. The van der Waals surface area contributed by atoms with Crippen molar-refractivity contribution in [2.75, 3.05) is 6.61 Å². The molecule has 3 atom stereocenters. The van der Waals surface area contributed by atoms with E-state index in [1.165, 1.54) is 0 Å². The van der Waals surface area contributed by atoms with Gasteiger partial charge in [0.2, 0.25) is 5.88 Å². The molecule has 1 aromatic heterocycles. The van der Waals surface area contributed by atoms with Crippen molar-refractivity contribution in [2.45, 2.75) is 51.4 Å². The van der Waals surface area contributed by atoms with E-state index in [1.807, 2.05) is 6.07 Å². The molecule has 0 fully saturated rings. The van der Waals surface area contributed by atoms with E-state index in [2.05, 4.69) is 4.98 Å². The molecule has 0 aliphatic heterocycles. The summed E-state index contributed by atoms with van der Waals surface area (Å²) in [5, 5.41) is 10.7. The molecule has 0 aliphatic carbocycles. The van der Waals surface area contributed by atoms with Gasteiger partial charge in [0.1, 0.15) is 17.6 Å². The van der Waals surface area contributed by atoms with Crippen molar-refractivity contribution in [1.29, 1.82) is 0 Å². The first-order chi connectivity index (χ1) is 14.2. The molecular formula is C23H30N2O5. The molecule has 7 heteroatoms. The van der Waals surface area contributed by atoms with E-state index in [4.69, 9.17) is 15.2 Å². The number of aliphatic hydroxyl groups excluding tert-OH is 1. The molecule has 0 aliphatic rings. The maximum atomic E-state index is 12.8. The Morgan fingerprint density at radius 3 is 2.37 bits per heavy atom. The molecule has 0 radical (unpaired) electrons. The highest BCUT2D eigenvalue weighted by Crippen LogP contribution is 2.27. The zero-order valence-electron chi connectivity index (χ0n) is 17.7. The smallest absolute Gasteiger partial charge is 0.314 e. The first-order valence-corrected chi connectivity index (χ1v) is 9.97. The summed E-state index contributed by atoms with van der Waals surface area (Å²) in [5.41, 5.74) is 6.15. The quantitative estimate of drug-likeness (QED) is 0.454. The van der Waals surface area contributed by atoms with Crippen LogP contribution in [0.1, 0.15) is 45.2 Å². The summed E-state index contributed by atoms with van der Waals surface area (Å²) < 4.78 is 10.9. The van der Waals surface area contributed by atoms with Crippen LogP contribution in [-0.2, 0) is 14.3 Å². The van der Waals surface area contributed by atoms with Crippen LogP contribution in [0.3, 0.4) is 0 Å². The zero-order valence-corrected chi connectivity index (χ0v) is 17.7. The summed E-state index contributed by atoms with van der Waals surface area (Å²) in [6.07, 6.45) is 0.439. The van der Waals surface area contributed by atoms with Gasteiger partial charge >= 0.3 is 5.97 Å². The van der Waals surface area contributed by atoms with E-state index >= 15 is 0 Å². The van der Waals surface area contributed by atoms with Crippen LogP contribution >= 0.6 is 0 Å². The van der Waals surface area contributed by atoms with Crippen LogP contribution < -0.4 is 10.5 Å². The van der Waals surface area contributed by atoms with Crippen molar-refractivity contribution in [3.05, 3.63) is 60.3 Å². The third kappa shape index (κ3) is 7.24. The van der Waals surface area contributed by atoms with Crippen molar-refractivity contribution >= 4 is 11.8 Å². The van der Waals surface area contributed by atoms with Crippen LogP contribution in [0.15, 0.2) is 54.7 Å². The summed E-state index contributed by atoms with van der Waals surface area (Å²) in [6.45, 7) is 5.43. The highest BCUT2D eigenvalue weighted by atomic mass is 16.6. The van der Waals surface area contributed by atoms with Gasteiger partial charge in [-0.05, 0) is 38.8 Å². The normalized spacial score (nSPS) is 14.4. The fraction of sp³-hybridized carbons (Fsp3) is 0.435. The van der Waals surface area contributed by atoms with Crippen molar-refractivity contribution < 1.29 is 24.2 Å². The molecule has 0 bridgehead atoms. The third-order valence-electron chi connectivity index (χ3n) is 4.38. The van der Waals surface area contributed by atoms with Gasteiger partial charge in [-0.25, -0.2) is 4.98 Å². The first-order valence-electron chi connectivity index (χ1n) is 9.97. The maximum Gasteiger partial charge on any atom is 0.314 e. The predicted molar refractivity (Wildman–Crippen MR) is 113 cm³/mol. The number of Topliss-reactive ketones (excluding diaryl/α,β-unsaturated/α-hetero) is 1. The molecule has 0 spiro atoms. The monoisotopic (exact) mass is 414 g/mol. The topological polar surface area (TPSA) is 112 Å². The SMILES string of the molecule is CC(C)(C)OC(=O)[C@@H](C(N)c1ccccc1)[C@H](O)C(=O)CCCOc1ccccn1. The summed E-state index contributed by atoms with van der Waals surface area (Å²) in [5.74, 6) is -1.94. The number of rotatable bonds is 10. The standard InChI is InChI=1S/C23H30N2O5/c1-23(2,3)30-22(28)19(20(24)16-10-5-4-6-11-16)21(27)17(26)12-9-15-29-18-13-7-8-14-25-18/h4-8,10-11,13-14,19-21,27H,9,12,15,24H2,1-3H3/t19-,20?,21+/m0/s1. The molecule has 3 N–H and O–H groups in total. The fourth-order valence-corrected chi connectivity index (χ4v) is 2.93. The molecule has 0 amide bonds. The number of esters is 1. The van der Waals surface area contributed by atoms with E-state index in [0.29, 0.717) is 17.9 Å². The van der Waals surface area contributed by atoms with Gasteiger partial charge < -0.3 is 20.3 Å². The lowest BCUT2D eigenvalue weighted by molar-refractivity contribution is -0.167. The second kappa shape index (κ2) is 10.8. The predicted octanol–water partition coefficient (Wildman–Crippen LogP) is 2.83. The van der Waals surface area contributed by atoms with Gasteiger partial charge in [0.15, 0.2) is 5.78 Å². The van der Waals surface area contributed by atoms with E-state index in [-0.39, 0.29) is 13.0 Å². The van der Waals surface area contributed by atoms with Gasteiger partial charge in [-0.15, -0.1) is 0 Å². The highest BCUT2D eigenvalue weighted by molar-refractivity contribution is 5.89. The molecule has 30 heavy (non-hydrogen) atoms. The molecule has 0 saturated heterocycles. The van der Waals surface area contributed by atoms with Crippen LogP contribution in [0.5, 0.6) is 5.88 Å². The van der Waals surface area contributed by atoms with Gasteiger partial charge in [0, 0.05) is 24.7 Å². The summed E-state index contributed by atoms with van der Waals surface area (Å²) in [6, 6.07) is 13.3. The summed E-state index contributed by atoms with van der Waals surface area (Å²) in [4.78, 5) is 29.4. The minimum absolute atomic E-state index is 0.0365. The van der Waals surface area contributed by atoms with Gasteiger partial charge in [-0.1, -0.05) is 36.4 Å². The van der Waals surface area contributed by atoms with Crippen molar-refractivity contribution in [3.63, 3.8) is 0 Å². The lowest BCUT2D eigenvalue weighted by Gasteiger charge is -2.30. The van der Waals surface area contributed by atoms with E-state index in [0.717, 1.165) is 0 Å². The van der Waals surface area contributed by atoms with Crippen LogP contribution in [0.4, 0.5) is 0 Å². The number of hydrogen-bond donors (Lipinski definition) is 2. The van der Waals surface area contributed by atoms with Crippen molar-refractivity contribution in [1.82, 2.24) is 4.98 Å². The summed E-state index contributed by atoms with van der Waals surface area (Å²) >= 11 is 0. The van der Waals surface area contributed by atoms with Crippen molar-refractivity contribution in [3.8, 4) is 5.88 Å². The van der Waals surface area contributed by atoms with E-state index in [9.17, 15) is 14.7 Å². The lowest BCUT2D eigenvalue weighted by atomic mass is 9.86. The van der Waals surface area contributed by atoms with Crippen LogP contribution in [-0.4, -0.2) is 40.2 Å². The average Bonchev–Trinajstić information content (AvgIpc) is 2.71. The number of benzene rings is 1. The van der Waals surface area contributed by atoms with Gasteiger partial charge in [0.25, 0.3) is 0 Å². The summed E-state index contributed by atoms with van der Waals surface area (Å²) in [7, 11) is 0. The maximum absolute atomic E-state index is 12.8. The Morgan fingerprint density at radius 2 is 1.77 bits per heavy atom. The lowest BCUT2D eigenvalue weighted by Crippen LogP contribution is -2.44. The molecule has 7 nitrogen and oxygen atoms in total. The molecule has 0 saturated carbocycles. The first kappa shape index (κ1) is 23.5. The number of ketones is 1.